The molecular weight excluding hydrogens is 200 g/mol. The molecule has 0 saturated heterocycles. The number of methoxy groups -OCH3 is 1. The highest BCUT2D eigenvalue weighted by molar-refractivity contribution is 6.32. The molecule has 0 aliphatic heterocycles. The monoisotopic (exact) mass is 212 g/mol. The van der Waals surface area contributed by atoms with Gasteiger partial charge in [-0.15, -0.1) is 0 Å². The van der Waals surface area contributed by atoms with Gasteiger partial charge in [0.2, 0.25) is 0 Å². The number of hydrogen-bond acceptors (Lipinski definition) is 2. The maximum Gasteiger partial charge on any atom is 0.143 e. The van der Waals surface area contributed by atoms with Crippen LogP contribution in [0.4, 0.5) is 0 Å². The van der Waals surface area contributed by atoms with Crippen molar-refractivity contribution in [3.8, 4) is 5.75 Å². The molecule has 0 heterocycles. The van der Waals surface area contributed by atoms with E-state index in [1.165, 1.54) is 5.56 Å². The molecule has 1 aromatic carbocycles. The van der Waals surface area contributed by atoms with Crippen molar-refractivity contribution < 1.29 is 9.84 Å². The molecule has 0 fully saturated rings. The van der Waals surface area contributed by atoms with Crippen molar-refractivity contribution in [1.82, 2.24) is 0 Å². The molecule has 2 nitrogen and oxygen atoms in total. The Balaban J connectivity index is 2.68. The number of rotatable bonds is 1. The standard InChI is InChI=1S/C11H13ClO2/c1-6-5-8(12)11(14-2)10-7(6)3-4-9(10)13/h5,9,13H,3-4H2,1-2H3. The minimum atomic E-state index is -0.419. The Labute approximate surface area is 88.5 Å². The SMILES string of the molecule is COc1c(Cl)cc(C)c2c1C(O)CC2. The van der Waals surface area contributed by atoms with Crippen molar-refractivity contribution >= 4 is 11.6 Å². The van der Waals surface area contributed by atoms with Crippen LogP contribution >= 0.6 is 11.6 Å². The quantitative estimate of drug-likeness (QED) is 0.776. The van der Waals surface area contributed by atoms with E-state index in [1.54, 1.807) is 7.11 Å². The van der Waals surface area contributed by atoms with E-state index in [4.69, 9.17) is 16.3 Å². The lowest BCUT2D eigenvalue weighted by molar-refractivity contribution is 0.176. The zero-order valence-electron chi connectivity index (χ0n) is 8.30. The fourth-order valence-electron chi connectivity index (χ4n) is 2.14. The van der Waals surface area contributed by atoms with E-state index in [2.05, 4.69) is 0 Å². The second-order valence-corrected chi connectivity index (χ2v) is 4.06. The van der Waals surface area contributed by atoms with Crippen molar-refractivity contribution in [3.05, 3.63) is 27.8 Å². The number of aliphatic hydroxyl groups is 1. The number of fused-ring (bicyclic) bond motifs is 1. The van der Waals surface area contributed by atoms with E-state index in [-0.39, 0.29) is 0 Å². The van der Waals surface area contributed by atoms with Gasteiger partial charge < -0.3 is 9.84 Å². The molecule has 1 unspecified atom stereocenters. The second kappa shape index (κ2) is 3.44. The van der Waals surface area contributed by atoms with Crippen LogP contribution < -0.4 is 4.74 Å². The van der Waals surface area contributed by atoms with Crippen LogP contribution in [-0.4, -0.2) is 12.2 Å². The zero-order chi connectivity index (χ0) is 10.3. The topological polar surface area (TPSA) is 29.5 Å². The molecule has 3 heteroatoms. The third kappa shape index (κ3) is 1.30. The van der Waals surface area contributed by atoms with Gasteiger partial charge in [0.25, 0.3) is 0 Å². The predicted octanol–water partition coefficient (Wildman–Crippen LogP) is 2.64. The molecule has 1 aliphatic carbocycles. The summed E-state index contributed by atoms with van der Waals surface area (Å²) in [6, 6.07) is 1.90. The molecule has 0 saturated carbocycles. The first-order valence-electron chi connectivity index (χ1n) is 4.69. The third-order valence-corrected chi connectivity index (χ3v) is 3.09. The van der Waals surface area contributed by atoms with Gasteiger partial charge >= 0.3 is 0 Å². The molecule has 0 bridgehead atoms. The minimum absolute atomic E-state index is 0.419. The Bertz CT molecular complexity index is 374. The summed E-state index contributed by atoms with van der Waals surface area (Å²) in [6.45, 7) is 2.02. The summed E-state index contributed by atoms with van der Waals surface area (Å²) in [5, 5.41) is 10.4. The number of aliphatic hydroxyl groups excluding tert-OH is 1. The third-order valence-electron chi connectivity index (χ3n) is 2.81. The van der Waals surface area contributed by atoms with Crippen LogP contribution in [0.5, 0.6) is 5.75 Å². The van der Waals surface area contributed by atoms with E-state index < -0.39 is 6.10 Å². The molecular formula is C11H13ClO2. The lowest BCUT2D eigenvalue weighted by atomic mass is 10.0. The van der Waals surface area contributed by atoms with Gasteiger partial charge in [0.1, 0.15) is 5.75 Å². The molecule has 76 valence electrons. The maximum atomic E-state index is 9.80. The molecule has 1 N–H and O–H groups in total. The summed E-state index contributed by atoms with van der Waals surface area (Å²) in [7, 11) is 1.59. The van der Waals surface area contributed by atoms with E-state index in [9.17, 15) is 5.11 Å². The molecule has 0 spiro atoms. The summed E-state index contributed by atoms with van der Waals surface area (Å²) in [5.41, 5.74) is 3.22. The average Bonchev–Trinajstić information content (AvgIpc) is 2.50. The van der Waals surface area contributed by atoms with Crippen LogP contribution in [0.2, 0.25) is 5.02 Å². The highest BCUT2D eigenvalue weighted by Crippen LogP contribution is 2.43. The summed E-state index contributed by atoms with van der Waals surface area (Å²) in [6.07, 6.45) is 1.26. The molecule has 0 radical (unpaired) electrons. The Hall–Kier alpha value is -0.730. The summed E-state index contributed by atoms with van der Waals surface area (Å²) in [4.78, 5) is 0. The van der Waals surface area contributed by atoms with Crippen LogP contribution in [0.3, 0.4) is 0 Å². The first kappa shape index (κ1) is 9.81. The van der Waals surface area contributed by atoms with Crippen LogP contribution in [-0.2, 0) is 6.42 Å². The van der Waals surface area contributed by atoms with Gasteiger partial charge in [0, 0.05) is 5.56 Å². The number of benzene rings is 1. The van der Waals surface area contributed by atoms with E-state index in [0.717, 1.165) is 24.0 Å². The Morgan fingerprint density at radius 3 is 2.93 bits per heavy atom. The van der Waals surface area contributed by atoms with Gasteiger partial charge in [-0.25, -0.2) is 0 Å². The maximum absolute atomic E-state index is 9.80. The fraction of sp³-hybridized carbons (Fsp3) is 0.455. The number of aryl methyl sites for hydroxylation is 1. The van der Waals surface area contributed by atoms with Crippen LogP contribution in [0.15, 0.2) is 6.07 Å². The number of ether oxygens (including phenoxy) is 1. The van der Waals surface area contributed by atoms with Crippen molar-refractivity contribution in [2.75, 3.05) is 7.11 Å². The highest BCUT2D eigenvalue weighted by Gasteiger charge is 2.27. The van der Waals surface area contributed by atoms with E-state index >= 15 is 0 Å². The second-order valence-electron chi connectivity index (χ2n) is 3.66. The first-order chi connectivity index (χ1) is 6.65. The fourth-order valence-corrected chi connectivity index (χ4v) is 2.48. The minimum Gasteiger partial charge on any atom is -0.495 e. The van der Waals surface area contributed by atoms with Crippen molar-refractivity contribution in [2.24, 2.45) is 0 Å². The smallest absolute Gasteiger partial charge is 0.143 e. The van der Waals surface area contributed by atoms with E-state index in [1.807, 2.05) is 13.0 Å². The van der Waals surface area contributed by atoms with Crippen molar-refractivity contribution in [1.29, 1.82) is 0 Å². The van der Waals surface area contributed by atoms with E-state index in [0.29, 0.717) is 10.8 Å². The van der Waals surface area contributed by atoms with Crippen LogP contribution in [0, 0.1) is 6.92 Å². The normalized spacial score (nSPS) is 19.6. The van der Waals surface area contributed by atoms with Gasteiger partial charge in [-0.1, -0.05) is 11.6 Å². The molecule has 1 aromatic rings. The first-order valence-corrected chi connectivity index (χ1v) is 5.07. The molecule has 1 aliphatic rings. The lowest BCUT2D eigenvalue weighted by Gasteiger charge is -2.13. The van der Waals surface area contributed by atoms with Crippen molar-refractivity contribution in [3.63, 3.8) is 0 Å². The van der Waals surface area contributed by atoms with Crippen LogP contribution in [0.1, 0.15) is 29.2 Å². The Morgan fingerprint density at radius 2 is 2.29 bits per heavy atom. The van der Waals surface area contributed by atoms with Gasteiger partial charge in [-0.05, 0) is 37.0 Å². The molecule has 1 atom stereocenters. The van der Waals surface area contributed by atoms with Gasteiger partial charge in [-0.2, -0.15) is 0 Å². The summed E-state index contributed by atoms with van der Waals surface area (Å²) in [5.74, 6) is 0.636. The summed E-state index contributed by atoms with van der Waals surface area (Å²) < 4.78 is 5.22. The lowest BCUT2D eigenvalue weighted by Crippen LogP contribution is -1.98. The van der Waals surface area contributed by atoms with Gasteiger partial charge in [0.05, 0.1) is 18.2 Å². The Morgan fingerprint density at radius 1 is 1.57 bits per heavy atom. The van der Waals surface area contributed by atoms with Crippen LogP contribution in [0.25, 0.3) is 0 Å². The number of halogens is 1. The average molecular weight is 213 g/mol. The molecule has 0 amide bonds. The highest BCUT2D eigenvalue weighted by atomic mass is 35.5. The molecule has 14 heavy (non-hydrogen) atoms. The molecule has 0 aromatic heterocycles. The Kier molecular flexibility index (Phi) is 2.41. The van der Waals surface area contributed by atoms with Gasteiger partial charge in [-0.3, -0.25) is 0 Å². The zero-order valence-corrected chi connectivity index (χ0v) is 9.06. The summed E-state index contributed by atoms with van der Waals surface area (Å²) >= 11 is 6.04. The number of hydrogen-bond donors (Lipinski definition) is 1. The van der Waals surface area contributed by atoms with Gasteiger partial charge in [0.15, 0.2) is 0 Å². The molecule has 2 rings (SSSR count). The largest absolute Gasteiger partial charge is 0.495 e. The van der Waals surface area contributed by atoms with Crippen molar-refractivity contribution in [2.45, 2.75) is 25.9 Å². The predicted molar refractivity (Wildman–Crippen MR) is 56.0 cm³/mol.